The second kappa shape index (κ2) is 10.4. The fraction of sp³-hybridized carbons (Fsp3) is 0.259. The summed E-state index contributed by atoms with van der Waals surface area (Å²) in [6.07, 6.45) is 1.50. The number of ether oxygens (including phenoxy) is 1. The molecule has 0 spiro atoms. The Morgan fingerprint density at radius 2 is 1.97 bits per heavy atom. The molecule has 0 unspecified atom stereocenters. The Labute approximate surface area is 217 Å². The van der Waals surface area contributed by atoms with Crippen molar-refractivity contribution >= 4 is 34.2 Å². The van der Waals surface area contributed by atoms with E-state index < -0.39 is 11.7 Å². The Balaban J connectivity index is 1.31. The monoisotopic (exact) mass is 518 g/mol. The van der Waals surface area contributed by atoms with Crippen LogP contribution in [-0.2, 0) is 11.3 Å². The van der Waals surface area contributed by atoms with Gasteiger partial charge in [0.1, 0.15) is 12.4 Å². The van der Waals surface area contributed by atoms with Crippen LogP contribution in [0.1, 0.15) is 17.3 Å². The maximum atomic E-state index is 14.2. The smallest absolute Gasteiger partial charge is 0.326 e. The third kappa shape index (κ3) is 4.95. The Kier molecular flexibility index (Phi) is 6.82. The Hall–Kier alpha value is -4.67. The molecule has 4 aromatic rings. The van der Waals surface area contributed by atoms with Crippen LogP contribution in [0, 0.1) is 5.82 Å². The van der Waals surface area contributed by atoms with Gasteiger partial charge in [-0.2, -0.15) is 0 Å². The van der Waals surface area contributed by atoms with Gasteiger partial charge in [-0.3, -0.25) is 14.2 Å². The third-order valence-electron chi connectivity index (χ3n) is 6.67. The molecule has 1 saturated heterocycles. The summed E-state index contributed by atoms with van der Waals surface area (Å²) in [6, 6.07) is 14.3. The van der Waals surface area contributed by atoms with E-state index in [1.165, 1.54) is 30.0 Å². The molecule has 0 radical (unpaired) electrons. The predicted octanol–water partition coefficient (Wildman–Crippen LogP) is 2.86. The lowest BCUT2D eigenvalue weighted by Crippen LogP contribution is -2.55. The number of hydrogen-bond donors (Lipinski definition) is 2. The summed E-state index contributed by atoms with van der Waals surface area (Å²) in [4.78, 5) is 49.2. The standard InChI is InChI=1S/C27H27FN6O4/c1-17-15-32(11-12-33(17)25(35)16-34-23-6-4-3-5-21(23)31-27(34)37)22-8-7-18(28)13-20(22)26(36)30-19-9-10-29-24(14-19)38-2/h3-10,13-14,17H,11-12,15-16H2,1-2H3,(H,31,37)(H,29,30,36)/t17-/m0/s1. The van der Waals surface area contributed by atoms with Crippen molar-refractivity contribution in [3.63, 3.8) is 0 Å². The van der Waals surface area contributed by atoms with Crippen LogP contribution in [0.2, 0.25) is 0 Å². The lowest BCUT2D eigenvalue weighted by atomic mass is 10.1. The summed E-state index contributed by atoms with van der Waals surface area (Å²) in [5, 5.41) is 2.77. The lowest BCUT2D eigenvalue weighted by Gasteiger charge is -2.41. The van der Waals surface area contributed by atoms with Crippen LogP contribution in [0.15, 0.2) is 65.6 Å². The summed E-state index contributed by atoms with van der Waals surface area (Å²) in [7, 11) is 1.48. The maximum absolute atomic E-state index is 14.2. The molecule has 1 aliphatic heterocycles. The molecule has 196 valence electrons. The fourth-order valence-electron chi connectivity index (χ4n) is 4.80. The van der Waals surface area contributed by atoms with Gasteiger partial charge in [-0.25, -0.2) is 14.2 Å². The van der Waals surface area contributed by atoms with Crippen LogP contribution in [0.4, 0.5) is 15.8 Å². The number of anilines is 2. The molecule has 10 nitrogen and oxygen atoms in total. The summed E-state index contributed by atoms with van der Waals surface area (Å²) < 4.78 is 20.7. The minimum atomic E-state index is -0.530. The zero-order chi connectivity index (χ0) is 26.8. The Morgan fingerprint density at radius 3 is 2.76 bits per heavy atom. The number of nitrogens with zero attached hydrogens (tertiary/aromatic N) is 4. The number of benzene rings is 2. The van der Waals surface area contributed by atoms with Gasteiger partial charge in [0.05, 0.1) is 23.7 Å². The van der Waals surface area contributed by atoms with Crippen molar-refractivity contribution in [3.8, 4) is 5.88 Å². The zero-order valence-electron chi connectivity index (χ0n) is 21.0. The molecule has 2 aromatic heterocycles. The number of H-pyrrole nitrogens is 1. The highest BCUT2D eigenvalue weighted by molar-refractivity contribution is 6.08. The number of halogens is 1. The number of methoxy groups -OCH3 is 1. The van der Waals surface area contributed by atoms with Crippen molar-refractivity contribution in [3.05, 3.63) is 82.7 Å². The number of nitrogens with one attached hydrogen (secondary N) is 2. The number of fused-ring (bicyclic) bond motifs is 1. The molecule has 0 bridgehead atoms. The van der Waals surface area contributed by atoms with E-state index in [2.05, 4.69) is 15.3 Å². The molecule has 0 saturated carbocycles. The topological polar surface area (TPSA) is 113 Å². The average Bonchev–Trinajstić information content (AvgIpc) is 3.23. The number of para-hydroxylation sites is 2. The lowest BCUT2D eigenvalue weighted by molar-refractivity contribution is -0.134. The van der Waals surface area contributed by atoms with Crippen LogP contribution in [0.5, 0.6) is 5.88 Å². The second-order valence-corrected chi connectivity index (χ2v) is 9.12. The van der Waals surface area contributed by atoms with Crippen LogP contribution in [0.25, 0.3) is 11.0 Å². The SMILES string of the molecule is COc1cc(NC(=O)c2cc(F)ccc2N2CCN(C(=O)Cn3c(=O)[nH]c4ccccc43)[C@@H](C)C2)ccn1. The molecule has 1 atom stereocenters. The average molecular weight is 519 g/mol. The van der Waals surface area contributed by atoms with E-state index in [0.29, 0.717) is 47.9 Å². The Morgan fingerprint density at radius 1 is 1.16 bits per heavy atom. The highest BCUT2D eigenvalue weighted by Gasteiger charge is 2.30. The number of rotatable bonds is 6. The van der Waals surface area contributed by atoms with Crippen molar-refractivity contribution in [2.45, 2.75) is 19.5 Å². The van der Waals surface area contributed by atoms with Gasteiger partial charge in [0.2, 0.25) is 11.8 Å². The first kappa shape index (κ1) is 25.0. The molecule has 1 aliphatic rings. The van der Waals surface area contributed by atoms with Gasteiger partial charge in [-0.15, -0.1) is 0 Å². The number of aromatic amines is 1. The van der Waals surface area contributed by atoms with Crippen molar-refractivity contribution in [1.82, 2.24) is 19.4 Å². The Bertz CT molecular complexity index is 1560. The molecule has 5 rings (SSSR count). The van der Waals surface area contributed by atoms with E-state index in [-0.39, 0.29) is 29.7 Å². The molecule has 2 amide bonds. The molecule has 1 fully saturated rings. The first-order valence-corrected chi connectivity index (χ1v) is 12.2. The van der Waals surface area contributed by atoms with Crippen LogP contribution < -0.4 is 20.6 Å². The molecular formula is C27H27FN6O4. The summed E-state index contributed by atoms with van der Waals surface area (Å²) in [5.41, 5.74) is 2.23. The summed E-state index contributed by atoms with van der Waals surface area (Å²) in [5.74, 6) is -0.839. The highest BCUT2D eigenvalue weighted by atomic mass is 19.1. The number of pyridine rings is 1. The van der Waals surface area contributed by atoms with E-state index in [9.17, 15) is 18.8 Å². The number of piperazine rings is 1. The van der Waals surface area contributed by atoms with Gasteiger partial charge in [-0.05, 0) is 43.3 Å². The zero-order valence-corrected chi connectivity index (χ0v) is 21.0. The third-order valence-corrected chi connectivity index (χ3v) is 6.67. The molecule has 3 heterocycles. The molecule has 0 aliphatic carbocycles. The highest BCUT2D eigenvalue weighted by Crippen LogP contribution is 2.26. The fourth-order valence-corrected chi connectivity index (χ4v) is 4.80. The van der Waals surface area contributed by atoms with Gasteiger partial charge >= 0.3 is 5.69 Å². The summed E-state index contributed by atoms with van der Waals surface area (Å²) in [6.45, 7) is 3.09. The number of aromatic nitrogens is 3. The number of imidazole rings is 1. The van der Waals surface area contributed by atoms with E-state index in [4.69, 9.17) is 4.74 Å². The summed E-state index contributed by atoms with van der Waals surface area (Å²) >= 11 is 0. The van der Waals surface area contributed by atoms with Gasteiger partial charge in [0, 0.05) is 49.3 Å². The normalized spacial score (nSPS) is 15.5. The molecule has 2 aromatic carbocycles. The first-order valence-electron chi connectivity index (χ1n) is 12.2. The number of carbonyl (C=O) groups is 2. The minimum absolute atomic E-state index is 0.0766. The maximum Gasteiger partial charge on any atom is 0.326 e. The predicted molar refractivity (Wildman–Crippen MR) is 141 cm³/mol. The van der Waals surface area contributed by atoms with E-state index >= 15 is 0 Å². The van der Waals surface area contributed by atoms with Crippen molar-refractivity contribution in [2.75, 3.05) is 37.0 Å². The quantitative estimate of drug-likeness (QED) is 0.406. The van der Waals surface area contributed by atoms with Crippen molar-refractivity contribution < 1.29 is 18.7 Å². The van der Waals surface area contributed by atoms with Crippen LogP contribution >= 0.6 is 0 Å². The van der Waals surface area contributed by atoms with Crippen molar-refractivity contribution in [1.29, 1.82) is 0 Å². The minimum Gasteiger partial charge on any atom is -0.481 e. The number of carbonyl (C=O) groups excluding carboxylic acids is 2. The van der Waals surface area contributed by atoms with Crippen LogP contribution in [0.3, 0.4) is 0 Å². The molecule has 11 heteroatoms. The number of hydrogen-bond acceptors (Lipinski definition) is 6. The van der Waals surface area contributed by atoms with E-state index in [1.807, 2.05) is 24.0 Å². The van der Waals surface area contributed by atoms with E-state index in [0.717, 1.165) is 0 Å². The molecule has 2 N–H and O–H groups in total. The molecule has 38 heavy (non-hydrogen) atoms. The van der Waals surface area contributed by atoms with E-state index in [1.54, 1.807) is 35.2 Å². The molecular weight excluding hydrogens is 491 g/mol. The second-order valence-electron chi connectivity index (χ2n) is 9.12. The van der Waals surface area contributed by atoms with Crippen LogP contribution in [-0.4, -0.2) is 64.0 Å². The largest absolute Gasteiger partial charge is 0.481 e. The van der Waals surface area contributed by atoms with Crippen molar-refractivity contribution in [2.24, 2.45) is 0 Å². The van der Waals surface area contributed by atoms with Gasteiger partial charge in [0.15, 0.2) is 0 Å². The van der Waals surface area contributed by atoms with Gasteiger partial charge in [-0.1, -0.05) is 12.1 Å². The first-order chi connectivity index (χ1) is 18.3. The van der Waals surface area contributed by atoms with Gasteiger partial charge in [0.25, 0.3) is 5.91 Å². The van der Waals surface area contributed by atoms with Gasteiger partial charge < -0.3 is 24.8 Å². The number of amides is 2.